The maximum atomic E-state index is 4.49. The molecule has 0 spiro atoms. The molecule has 19 heavy (non-hydrogen) atoms. The number of hydrogen-bond donors (Lipinski definition) is 1. The summed E-state index contributed by atoms with van der Waals surface area (Å²) in [7, 11) is 8.21. The van der Waals surface area contributed by atoms with Crippen LogP contribution >= 0.6 is 0 Å². The minimum Gasteiger partial charge on any atom is -0.383 e. The summed E-state index contributed by atoms with van der Waals surface area (Å²) < 4.78 is 0. The van der Waals surface area contributed by atoms with Crippen LogP contribution in [0.15, 0.2) is 30.5 Å². The van der Waals surface area contributed by atoms with Gasteiger partial charge in [0.25, 0.3) is 0 Å². The quantitative estimate of drug-likeness (QED) is 0.891. The van der Waals surface area contributed by atoms with Crippen LogP contribution in [0.2, 0.25) is 0 Å². The van der Waals surface area contributed by atoms with Crippen molar-refractivity contribution in [3.8, 4) is 0 Å². The standard InChI is InChI=1S/C15H22N4/c1-18(2)11-10-16-13-7-5-6-12-8-9-17-15(14(12)13)19(3)4/h5-9,16H,10-11H2,1-4H3. The molecule has 2 rings (SSSR count). The van der Waals surface area contributed by atoms with Crippen molar-refractivity contribution in [2.45, 2.75) is 0 Å². The lowest BCUT2D eigenvalue weighted by molar-refractivity contribution is 0.425. The summed E-state index contributed by atoms with van der Waals surface area (Å²) in [4.78, 5) is 8.71. The molecule has 2 aromatic rings. The average molecular weight is 258 g/mol. The van der Waals surface area contributed by atoms with Gasteiger partial charge in [0.2, 0.25) is 0 Å². The zero-order valence-corrected chi connectivity index (χ0v) is 12.1. The second-order valence-corrected chi connectivity index (χ2v) is 5.16. The van der Waals surface area contributed by atoms with Gasteiger partial charge < -0.3 is 15.1 Å². The highest BCUT2D eigenvalue weighted by molar-refractivity contribution is 6.01. The predicted octanol–water partition coefficient (Wildman–Crippen LogP) is 2.27. The molecule has 0 radical (unpaired) electrons. The van der Waals surface area contributed by atoms with Gasteiger partial charge in [0.05, 0.1) is 0 Å². The lowest BCUT2D eigenvalue weighted by Gasteiger charge is -2.18. The van der Waals surface area contributed by atoms with Gasteiger partial charge in [0.1, 0.15) is 5.82 Å². The second kappa shape index (κ2) is 5.89. The molecule has 0 aliphatic rings. The summed E-state index contributed by atoms with van der Waals surface area (Å²) in [5.74, 6) is 1.01. The van der Waals surface area contributed by atoms with E-state index in [0.717, 1.165) is 24.6 Å². The van der Waals surface area contributed by atoms with Crippen molar-refractivity contribution >= 4 is 22.3 Å². The molecule has 0 aliphatic carbocycles. The first-order valence-electron chi connectivity index (χ1n) is 6.53. The molecule has 0 amide bonds. The van der Waals surface area contributed by atoms with Crippen LogP contribution < -0.4 is 10.2 Å². The monoisotopic (exact) mass is 258 g/mol. The molecule has 1 aromatic carbocycles. The van der Waals surface area contributed by atoms with E-state index < -0.39 is 0 Å². The molecule has 0 aliphatic heterocycles. The topological polar surface area (TPSA) is 31.4 Å². The predicted molar refractivity (Wildman–Crippen MR) is 83.1 cm³/mol. The zero-order valence-electron chi connectivity index (χ0n) is 12.1. The van der Waals surface area contributed by atoms with E-state index in [4.69, 9.17) is 0 Å². The molecule has 102 valence electrons. The third kappa shape index (κ3) is 3.15. The van der Waals surface area contributed by atoms with Crippen LogP contribution in [0, 0.1) is 0 Å². The molecular formula is C15H22N4. The minimum absolute atomic E-state index is 0.924. The van der Waals surface area contributed by atoms with Gasteiger partial charge in [-0.2, -0.15) is 0 Å². The molecule has 0 saturated carbocycles. The maximum absolute atomic E-state index is 4.49. The van der Waals surface area contributed by atoms with E-state index in [2.05, 4.69) is 58.5 Å². The second-order valence-electron chi connectivity index (χ2n) is 5.16. The number of nitrogens with zero attached hydrogens (tertiary/aromatic N) is 3. The molecule has 1 N–H and O–H groups in total. The van der Waals surface area contributed by atoms with Crippen molar-refractivity contribution in [2.75, 3.05) is 51.5 Å². The van der Waals surface area contributed by atoms with Gasteiger partial charge in [-0.25, -0.2) is 4.98 Å². The van der Waals surface area contributed by atoms with Crippen molar-refractivity contribution < 1.29 is 0 Å². The van der Waals surface area contributed by atoms with Crippen molar-refractivity contribution in [3.63, 3.8) is 0 Å². The van der Waals surface area contributed by atoms with Gasteiger partial charge in [0.15, 0.2) is 0 Å². The minimum atomic E-state index is 0.924. The smallest absolute Gasteiger partial charge is 0.137 e. The van der Waals surface area contributed by atoms with Crippen molar-refractivity contribution in [2.24, 2.45) is 0 Å². The van der Waals surface area contributed by atoms with E-state index in [1.165, 1.54) is 10.8 Å². The third-order valence-electron chi connectivity index (χ3n) is 3.07. The number of nitrogens with one attached hydrogen (secondary N) is 1. The van der Waals surface area contributed by atoms with Crippen molar-refractivity contribution in [1.29, 1.82) is 0 Å². The van der Waals surface area contributed by atoms with Crippen LogP contribution in [0.3, 0.4) is 0 Å². The van der Waals surface area contributed by atoms with Gasteiger partial charge >= 0.3 is 0 Å². The molecule has 1 aromatic heterocycles. The normalized spacial score (nSPS) is 11.0. The van der Waals surface area contributed by atoms with E-state index >= 15 is 0 Å². The summed E-state index contributed by atoms with van der Waals surface area (Å²) in [5.41, 5.74) is 1.15. The first-order chi connectivity index (χ1) is 9.09. The Labute approximate surface area is 115 Å². The Morgan fingerprint density at radius 2 is 1.89 bits per heavy atom. The van der Waals surface area contributed by atoms with E-state index in [-0.39, 0.29) is 0 Å². The van der Waals surface area contributed by atoms with Crippen LogP contribution in [-0.4, -0.2) is 51.2 Å². The van der Waals surface area contributed by atoms with Crippen LogP contribution in [0.25, 0.3) is 10.8 Å². The number of anilines is 2. The van der Waals surface area contributed by atoms with E-state index in [1.807, 2.05) is 20.3 Å². The van der Waals surface area contributed by atoms with Gasteiger partial charge in [-0.15, -0.1) is 0 Å². The number of pyridine rings is 1. The van der Waals surface area contributed by atoms with E-state index in [1.54, 1.807) is 0 Å². The number of likely N-dealkylation sites (N-methyl/N-ethyl adjacent to an activating group) is 1. The molecular weight excluding hydrogens is 236 g/mol. The Balaban J connectivity index is 2.37. The Kier molecular flexibility index (Phi) is 4.22. The maximum Gasteiger partial charge on any atom is 0.137 e. The van der Waals surface area contributed by atoms with Crippen molar-refractivity contribution in [3.05, 3.63) is 30.5 Å². The van der Waals surface area contributed by atoms with Gasteiger partial charge in [-0.3, -0.25) is 0 Å². The summed E-state index contributed by atoms with van der Waals surface area (Å²) >= 11 is 0. The number of hydrogen-bond acceptors (Lipinski definition) is 4. The van der Waals surface area contributed by atoms with Gasteiger partial charge in [-0.05, 0) is 31.6 Å². The first-order valence-corrected chi connectivity index (χ1v) is 6.53. The molecule has 0 saturated heterocycles. The number of aromatic nitrogens is 1. The lowest BCUT2D eigenvalue weighted by atomic mass is 10.1. The Morgan fingerprint density at radius 1 is 1.11 bits per heavy atom. The molecule has 0 atom stereocenters. The van der Waals surface area contributed by atoms with Crippen LogP contribution in [0.1, 0.15) is 0 Å². The van der Waals surface area contributed by atoms with Crippen molar-refractivity contribution in [1.82, 2.24) is 9.88 Å². The molecule has 0 bridgehead atoms. The SMILES string of the molecule is CN(C)CCNc1cccc2ccnc(N(C)C)c12. The van der Waals surface area contributed by atoms with Crippen LogP contribution in [-0.2, 0) is 0 Å². The summed E-state index contributed by atoms with van der Waals surface area (Å²) in [6.07, 6.45) is 1.86. The highest BCUT2D eigenvalue weighted by Gasteiger charge is 2.08. The van der Waals surface area contributed by atoms with E-state index in [0.29, 0.717) is 0 Å². The first kappa shape index (κ1) is 13.6. The zero-order chi connectivity index (χ0) is 13.8. The fourth-order valence-corrected chi connectivity index (χ4v) is 2.11. The Hall–Kier alpha value is -1.81. The van der Waals surface area contributed by atoms with Crippen LogP contribution in [0.5, 0.6) is 0 Å². The molecule has 4 nitrogen and oxygen atoms in total. The fraction of sp³-hybridized carbons (Fsp3) is 0.400. The largest absolute Gasteiger partial charge is 0.383 e. The van der Waals surface area contributed by atoms with Gasteiger partial charge in [0, 0.05) is 44.5 Å². The Morgan fingerprint density at radius 3 is 2.58 bits per heavy atom. The summed E-state index contributed by atoms with van der Waals surface area (Å²) in [6, 6.07) is 8.38. The Bertz CT molecular complexity index is 544. The third-order valence-corrected chi connectivity index (χ3v) is 3.07. The lowest BCUT2D eigenvalue weighted by Crippen LogP contribution is -2.21. The summed E-state index contributed by atoms with van der Waals surface area (Å²) in [5, 5.41) is 5.91. The highest BCUT2D eigenvalue weighted by atomic mass is 15.1. The van der Waals surface area contributed by atoms with Crippen LogP contribution in [0.4, 0.5) is 11.5 Å². The molecule has 1 heterocycles. The fourth-order valence-electron chi connectivity index (χ4n) is 2.11. The molecule has 0 unspecified atom stereocenters. The van der Waals surface area contributed by atoms with E-state index in [9.17, 15) is 0 Å². The average Bonchev–Trinajstić information content (AvgIpc) is 2.37. The highest BCUT2D eigenvalue weighted by Crippen LogP contribution is 2.30. The van der Waals surface area contributed by atoms with Gasteiger partial charge in [-0.1, -0.05) is 12.1 Å². The summed E-state index contributed by atoms with van der Waals surface area (Å²) in [6.45, 7) is 1.93. The number of rotatable bonds is 5. The molecule has 0 fully saturated rings. The number of benzene rings is 1. The number of fused-ring (bicyclic) bond motifs is 1. The molecule has 4 heteroatoms.